The molecule has 18 heavy (non-hydrogen) atoms. The van der Waals surface area contributed by atoms with Gasteiger partial charge in [-0.15, -0.1) is 0 Å². The maximum Gasteiger partial charge on any atom is 0.123 e. The van der Waals surface area contributed by atoms with Crippen LogP contribution in [0.15, 0.2) is 18.2 Å². The molecular weight excluding hydrogens is 248 g/mol. The van der Waals surface area contributed by atoms with E-state index in [-0.39, 0.29) is 0 Å². The zero-order valence-corrected chi connectivity index (χ0v) is 11.8. The van der Waals surface area contributed by atoms with Gasteiger partial charge in [0.1, 0.15) is 5.75 Å². The molecule has 0 amide bonds. The summed E-state index contributed by atoms with van der Waals surface area (Å²) >= 11 is 6.00. The zero-order valence-electron chi connectivity index (χ0n) is 11.1. The third kappa shape index (κ3) is 3.87. The van der Waals surface area contributed by atoms with Gasteiger partial charge in [-0.05, 0) is 38.1 Å². The number of rotatable bonds is 7. The number of nitrogens with one attached hydrogen (secondary N) is 1. The number of benzene rings is 1. The number of methoxy groups -OCH3 is 1. The lowest BCUT2D eigenvalue weighted by molar-refractivity contribution is 0.321. The normalized spacial score (nSPS) is 15.1. The van der Waals surface area contributed by atoms with Crippen molar-refractivity contribution in [1.82, 2.24) is 10.2 Å². The predicted octanol–water partition coefficient (Wildman–Crippen LogP) is 2.53. The number of hydrogen-bond donors (Lipinski definition) is 1. The van der Waals surface area contributed by atoms with Crippen molar-refractivity contribution in [3.63, 3.8) is 0 Å². The van der Waals surface area contributed by atoms with E-state index in [1.165, 1.54) is 12.8 Å². The Balaban J connectivity index is 1.76. The molecule has 0 spiro atoms. The van der Waals surface area contributed by atoms with Gasteiger partial charge in [-0.1, -0.05) is 11.6 Å². The van der Waals surface area contributed by atoms with Gasteiger partial charge in [0.05, 0.1) is 7.11 Å². The average Bonchev–Trinajstić information content (AvgIpc) is 3.19. The van der Waals surface area contributed by atoms with Crippen LogP contribution < -0.4 is 10.1 Å². The first-order valence-electron chi connectivity index (χ1n) is 6.44. The highest BCUT2D eigenvalue weighted by Gasteiger charge is 2.25. The van der Waals surface area contributed by atoms with Crippen molar-refractivity contribution >= 4 is 11.6 Å². The van der Waals surface area contributed by atoms with Crippen LogP contribution in [0.5, 0.6) is 5.75 Å². The lowest BCUT2D eigenvalue weighted by Crippen LogP contribution is -2.30. The molecule has 1 fully saturated rings. The molecule has 100 valence electrons. The minimum absolute atomic E-state index is 0.752. The zero-order chi connectivity index (χ0) is 13.0. The van der Waals surface area contributed by atoms with E-state index in [4.69, 9.17) is 16.3 Å². The van der Waals surface area contributed by atoms with Crippen LogP contribution in [0.2, 0.25) is 5.02 Å². The summed E-state index contributed by atoms with van der Waals surface area (Å²) in [4.78, 5) is 2.42. The molecule has 0 atom stereocenters. The largest absolute Gasteiger partial charge is 0.496 e. The van der Waals surface area contributed by atoms with Crippen LogP contribution in [-0.4, -0.2) is 38.2 Å². The van der Waals surface area contributed by atoms with E-state index >= 15 is 0 Å². The summed E-state index contributed by atoms with van der Waals surface area (Å²) in [6, 6.07) is 6.55. The van der Waals surface area contributed by atoms with E-state index in [1.807, 2.05) is 18.2 Å². The maximum absolute atomic E-state index is 6.00. The number of likely N-dealkylation sites (N-methyl/N-ethyl adjacent to an activating group) is 1. The minimum Gasteiger partial charge on any atom is -0.496 e. The lowest BCUT2D eigenvalue weighted by atomic mass is 10.2. The van der Waals surface area contributed by atoms with Crippen molar-refractivity contribution in [2.75, 3.05) is 27.2 Å². The van der Waals surface area contributed by atoms with Crippen LogP contribution in [0, 0.1) is 0 Å². The van der Waals surface area contributed by atoms with E-state index in [1.54, 1.807) is 7.11 Å². The summed E-state index contributed by atoms with van der Waals surface area (Å²) in [5, 5.41) is 4.19. The quantitative estimate of drug-likeness (QED) is 0.769. The van der Waals surface area contributed by atoms with Crippen LogP contribution >= 0.6 is 11.6 Å². The fraction of sp³-hybridized carbons (Fsp3) is 0.571. The Morgan fingerprint density at radius 1 is 1.44 bits per heavy atom. The Hall–Kier alpha value is -0.770. The summed E-state index contributed by atoms with van der Waals surface area (Å²) < 4.78 is 5.32. The number of hydrogen-bond acceptors (Lipinski definition) is 3. The first kappa shape index (κ1) is 13.7. The van der Waals surface area contributed by atoms with Gasteiger partial charge in [-0.3, -0.25) is 0 Å². The highest BCUT2D eigenvalue weighted by Crippen LogP contribution is 2.25. The highest BCUT2D eigenvalue weighted by atomic mass is 35.5. The molecule has 0 bridgehead atoms. The minimum atomic E-state index is 0.752. The molecule has 1 N–H and O–H groups in total. The van der Waals surface area contributed by atoms with Crippen molar-refractivity contribution in [2.45, 2.75) is 25.4 Å². The van der Waals surface area contributed by atoms with E-state index < -0.39 is 0 Å². The third-order valence-electron chi connectivity index (χ3n) is 3.37. The Bertz CT molecular complexity index is 393. The average molecular weight is 269 g/mol. The molecule has 0 heterocycles. The van der Waals surface area contributed by atoms with Crippen molar-refractivity contribution in [3.8, 4) is 5.75 Å². The van der Waals surface area contributed by atoms with Crippen molar-refractivity contribution in [2.24, 2.45) is 0 Å². The van der Waals surface area contributed by atoms with E-state index in [0.29, 0.717) is 0 Å². The van der Waals surface area contributed by atoms with Crippen molar-refractivity contribution in [1.29, 1.82) is 0 Å². The van der Waals surface area contributed by atoms with Gasteiger partial charge >= 0.3 is 0 Å². The highest BCUT2D eigenvalue weighted by molar-refractivity contribution is 6.30. The first-order valence-corrected chi connectivity index (χ1v) is 6.82. The van der Waals surface area contributed by atoms with Gasteiger partial charge in [0.15, 0.2) is 0 Å². The number of nitrogens with zero attached hydrogens (tertiary/aromatic N) is 1. The smallest absolute Gasteiger partial charge is 0.123 e. The van der Waals surface area contributed by atoms with E-state index in [0.717, 1.165) is 42.0 Å². The molecule has 0 unspecified atom stereocenters. The van der Waals surface area contributed by atoms with Gasteiger partial charge in [-0.25, -0.2) is 0 Å². The van der Waals surface area contributed by atoms with Crippen LogP contribution in [-0.2, 0) is 6.54 Å². The predicted molar refractivity (Wildman–Crippen MR) is 75.4 cm³/mol. The molecule has 0 saturated heterocycles. The Morgan fingerprint density at radius 2 is 2.22 bits per heavy atom. The summed E-state index contributed by atoms with van der Waals surface area (Å²) in [5.74, 6) is 0.891. The molecule has 3 nitrogen and oxygen atoms in total. The Kier molecular flexibility index (Phi) is 4.87. The second kappa shape index (κ2) is 6.41. The van der Waals surface area contributed by atoms with Gasteiger partial charge in [-0.2, -0.15) is 0 Å². The Morgan fingerprint density at radius 3 is 2.89 bits per heavy atom. The molecule has 0 radical (unpaired) electrons. The van der Waals surface area contributed by atoms with Crippen LogP contribution in [0.4, 0.5) is 0 Å². The van der Waals surface area contributed by atoms with Crippen LogP contribution in [0.25, 0.3) is 0 Å². The van der Waals surface area contributed by atoms with Gasteiger partial charge in [0.2, 0.25) is 0 Å². The first-order chi connectivity index (χ1) is 8.70. The molecular formula is C14H21ClN2O. The number of ether oxygens (including phenoxy) is 1. The van der Waals surface area contributed by atoms with Crippen LogP contribution in [0.1, 0.15) is 18.4 Å². The van der Waals surface area contributed by atoms with Crippen molar-refractivity contribution in [3.05, 3.63) is 28.8 Å². The molecule has 1 aliphatic carbocycles. The fourth-order valence-electron chi connectivity index (χ4n) is 2.06. The van der Waals surface area contributed by atoms with Crippen LogP contribution in [0.3, 0.4) is 0 Å². The standard InChI is InChI=1S/C14H21ClN2O/c1-17(13-4-5-13)8-7-16-10-11-9-12(15)3-6-14(11)18-2/h3,6,9,13,16H,4-5,7-8,10H2,1-2H3. The molecule has 1 saturated carbocycles. The molecule has 1 aromatic rings. The molecule has 0 aliphatic heterocycles. The topological polar surface area (TPSA) is 24.5 Å². The number of halogens is 1. The molecule has 4 heteroatoms. The third-order valence-corrected chi connectivity index (χ3v) is 3.60. The van der Waals surface area contributed by atoms with Gasteiger partial charge in [0.25, 0.3) is 0 Å². The molecule has 2 rings (SSSR count). The van der Waals surface area contributed by atoms with Gasteiger partial charge < -0.3 is 15.0 Å². The Labute approximate surface area is 114 Å². The second-order valence-electron chi connectivity index (χ2n) is 4.84. The molecule has 1 aliphatic rings. The maximum atomic E-state index is 6.00. The van der Waals surface area contributed by atoms with E-state index in [2.05, 4.69) is 17.3 Å². The molecule has 0 aromatic heterocycles. The summed E-state index contributed by atoms with van der Waals surface area (Å²) in [7, 11) is 3.88. The fourth-order valence-corrected chi connectivity index (χ4v) is 2.26. The molecule has 1 aromatic carbocycles. The summed E-state index contributed by atoms with van der Waals surface area (Å²) in [6.07, 6.45) is 2.72. The summed E-state index contributed by atoms with van der Waals surface area (Å²) in [5.41, 5.74) is 1.11. The summed E-state index contributed by atoms with van der Waals surface area (Å²) in [6.45, 7) is 2.87. The SMILES string of the molecule is COc1ccc(Cl)cc1CNCCN(C)C1CC1. The van der Waals surface area contributed by atoms with Crippen molar-refractivity contribution < 1.29 is 4.74 Å². The van der Waals surface area contributed by atoms with Gasteiger partial charge in [0, 0.05) is 36.3 Å². The lowest BCUT2D eigenvalue weighted by Gasteiger charge is -2.16. The van der Waals surface area contributed by atoms with E-state index in [9.17, 15) is 0 Å². The monoisotopic (exact) mass is 268 g/mol. The second-order valence-corrected chi connectivity index (χ2v) is 5.28.